The van der Waals surface area contributed by atoms with E-state index in [1.165, 1.54) is 6.42 Å². The van der Waals surface area contributed by atoms with E-state index in [0.717, 1.165) is 38.0 Å². The van der Waals surface area contributed by atoms with Crippen LogP contribution >= 0.6 is 0 Å². The van der Waals surface area contributed by atoms with Crippen LogP contribution in [0, 0.1) is 17.8 Å². The fraction of sp³-hybridized carbons (Fsp3) is 0.941. The molecule has 1 atom stereocenters. The molecule has 1 rings (SSSR count). The van der Waals surface area contributed by atoms with Crippen LogP contribution in [-0.2, 0) is 4.79 Å². The molecular weight excluding hydrogens is 264 g/mol. The molecule has 1 unspecified atom stereocenters. The molecule has 21 heavy (non-hydrogen) atoms. The van der Waals surface area contributed by atoms with Crippen molar-refractivity contribution in [3.8, 4) is 0 Å². The molecule has 4 N–H and O–H groups in total. The lowest BCUT2D eigenvalue weighted by molar-refractivity contribution is -0.123. The number of carbonyl (C=O) groups excluding carboxylic acids is 1. The van der Waals surface area contributed by atoms with E-state index in [4.69, 9.17) is 5.73 Å². The number of nitrogens with two attached hydrogens (primary N) is 1. The van der Waals surface area contributed by atoms with Crippen molar-refractivity contribution in [2.75, 3.05) is 13.1 Å². The summed E-state index contributed by atoms with van der Waals surface area (Å²) in [6.07, 6.45) is 6.39. The summed E-state index contributed by atoms with van der Waals surface area (Å²) in [5.74, 6) is 1.57. The van der Waals surface area contributed by atoms with E-state index in [1.807, 2.05) is 0 Å². The van der Waals surface area contributed by atoms with Gasteiger partial charge in [0.2, 0.25) is 5.91 Å². The van der Waals surface area contributed by atoms with Crippen molar-refractivity contribution in [2.24, 2.45) is 23.5 Å². The van der Waals surface area contributed by atoms with Gasteiger partial charge in [-0.1, -0.05) is 27.2 Å². The van der Waals surface area contributed by atoms with E-state index in [9.17, 15) is 9.90 Å². The van der Waals surface area contributed by atoms with Gasteiger partial charge in [-0.2, -0.15) is 0 Å². The van der Waals surface area contributed by atoms with Crippen LogP contribution in [0.4, 0.5) is 0 Å². The Morgan fingerprint density at radius 2 is 2.00 bits per heavy atom. The van der Waals surface area contributed by atoms with E-state index < -0.39 is 5.60 Å². The number of hydrogen-bond donors (Lipinski definition) is 3. The minimum absolute atomic E-state index is 0.0251. The maximum atomic E-state index is 12.0. The SMILES string of the molecule is CCC1CCC(O)(CNC(=O)CC(CN)CC(C)C)CC1. The van der Waals surface area contributed by atoms with E-state index in [0.29, 0.717) is 25.4 Å². The Balaban J connectivity index is 2.32. The molecule has 0 aromatic carbocycles. The smallest absolute Gasteiger partial charge is 0.220 e. The standard InChI is InChI=1S/C17H34N2O2/c1-4-14-5-7-17(21,8-6-14)12-19-16(20)10-15(11-18)9-13(2)3/h13-15,21H,4-12,18H2,1-3H3,(H,19,20). The second-order valence-electron chi connectivity index (χ2n) is 7.29. The number of aliphatic hydroxyl groups is 1. The van der Waals surface area contributed by atoms with Crippen molar-refractivity contribution in [2.45, 2.75) is 71.3 Å². The van der Waals surface area contributed by atoms with Crippen molar-refractivity contribution in [1.29, 1.82) is 0 Å². The van der Waals surface area contributed by atoms with Crippen LogP contribution in [0.2, 0.25) is 0 Å². The Labute approximate surface area is 129 Å². The zero-order chi connectivity index (χ0) is 15.9. The van der Waals surface area contributed by atoms with Gasteiger partial charge < -0.3 is 16.2 Å². The van der Waals surface area contributed by atoms with E-state index in [2.05, 4.69) is 26.1 Å². The molecule has 0 saturated heterocycles. The van der Waals surface area contributed by atoms with Crippen LogP contribution < -0.4 is 11.1 Å². The number of carbonyl (C=O) groups is 1. The molecule has 1 saturated carbocycles. The van der Waals surface area contributed by atoms with Gasteiger partial charge in [0.15, 0.2) is 0 Å². The highest BCUT2D eigenvalue weighted by atomic mass is 16.3. The van der Waals surface area contributed by atoms with Crippen molar-refractivity contribution >= 4 is 5.91 Å². The topological polar surface area (TPSA) is 75.3 Å². The summed E-state index contributed by atoms with van der Waals surface area (Å²) in [5, 5.41) is 13.5. The van der Waals surface area contributed by atoms with Crippen molar-refractivity contribution < 1.29 is 9.90 Å². The van der Waals surface area contributed by atoms with Crippen molar-refractivity contribution in [3.05, 3.63) is 0 Å². The molecule has 0 aromatic rings. The number of nitrogens with one attached hydrogen (secondary N) is 1. The van der Waals surface area contributed by atoms with Gasteiger partial charge in [0.25, 0.3) is 0 Å². The van der Waals surface area contributed by atoms with E-state index in [-0.39, 0.29) is 11.8 Å². The third-order valence-corrected chi connectivity index (χ3v) is 4.84. The van der Waals surface area contributed by atoms with Gasteiger partial charge in [-0.3, -0.25) is 4.79 Å². The van der Waals surface area contributed by atoms with Crippen molar-refractivity contribution in [1.82, 2.24) is 5.32 Å². The number of rotatable bonds is 8. The highest BCUT2D eigenvalue weighted by Crippen LogP contribution is 2.33. The third kappa shape index (κ3) is 6.79. The molecule has 1 amide bonds. The van der Waals surface area contributed by atoms with Crippen LogP contribution in [-0.4, -0.2) is 29.7 Å². The average Bonchev–Trinajstić information content (AvgIpc) is 2.45. The summed E-state index contributed by atoms with van der Waals surface area (Å²) in [7, 11) is 0. The molecule has 4 heteroatoms. The quantitative estimate of drug-likeness (QED) is 0.644. The Kier molecular flexibility index (Phi) is 7.67. The highest BCUT2D eigenvalue weighted by molar-refractivity contribution is 5.76. The lowest BCUT2D eigenvalue weighted by Crippen LogP contribution is -2.45. The normalized spacial score (nSPS) is 27.6. The first-order valence-electron chi connectivity index (χ1n) is 8.57. The number of amides is 1. The summed E-state index contributed by atoms with van der Waals surface area (Å²) in [4.78, 5) is 12.0. The molecule has 1 fully saturated rings. The molecule has 0 aliphatic heterocycles. The maximum absolute atomic E-state index is 12.0. The third-order valence-electron chi connectivity index (χ3n) is 4.84. The Morgan fingerprint density at radius 3 is 2.48 bits per heavy atom. The molecular formula is C17H34N2O2. The lowest BCUT2D eigenvalue weighted by atomic mass is 9.78. The van der Waals surface area contributed by atoms with Crippen LogP contribution in [0.25, 0.3) is 0 Å². The largest absolute Gasteiger partial charge is 0.388 e. The summed E-state index contributed by atoms with van der Waals surface area (Å²) >= 11 is 0. The van der Waals surface area contributed by atoms with Crippen molar-refractivity contribution in [3.63, 3.8) is 0 Å². The van der Waals surface area contributed by atoms with Crippen LogP contribution in [0.3, 0.4) is 0 Å². The van der Waals surface area contributed by atoms with Crippen LogP contribution in [0.1, 0.15) is 65.7 Å². The summed E-state index contributed by atoms with van der Waals surface area (Å²) in [5.41, 5.74) is 5.04. The predicted molar refractivity (Wildman–Crippen MR) is 86.8 cm³/mol. The van der Waals surface area contributed by atoms with Gasteiger partial charge in [0, 0.05) is 13.0 Å². The summed E-state index contributed by atoms with van der Waals surface area (Å²) in [6, 6.07) is 0. The first-order valence-corrected chi connectivity index (χ1v) is 8.57. The second kappa shape index (κ2) is 8.74. The maximum Gasteiger partial charge on any atom is 0.220 e. The summed E-state index contributed by atoms with van der Waals surface area (Å²) in [6.45, 7) is 7.44. The van der Waals surface area contributed by atoms with Crippen LogP contribution in [0.5, 0.6) is 0 Å². The molecule has 0 bridgehead atoms. The van der Waals surface area contributed by atoms with Gasteiger partial charge >= 0.3 is 0 Å². The first kappa shape index (κ1) is 18.4. The van der Waals surface area contributed by atoms with Gasteiger partial charge in [-0.05, 0) is 56.4 Å². The van der Waals surface area contributed by atoms with E-state index >= 15 is 0 Å². The van der Waals surface area contributed by atoms with Crippen LogP contribution in [0.15, 0.2) is 0 Å². The molecule has 0 radical (unpaired) electrons. The number of hydrogen-bond acceptors (Lipinski definition) is 3. The highest BCUT2D eigenvalue weighted by Gasteiger charge is 2.32. The fourth-order valence-corrected chi connectivity index (χ4v) is 3.33. The van der Waals surface area contributed by atoms with E-state index in [1.54, 1.807) is 0 Å². The van der Waals surface area contributed by atoms with Gasteiger partial charge in [-0.15, -0.1) is 0 Å². The summed E-state index contributed by atoms with van der Waals surface area (Å²) < 4.78 is 0. The minimum Gasteiger partial charge on any atom is -0.388 e. The van der Waals surface area contributed by atoms with Gasteiger partial charge in [-0.25, -0.2) is 0 Å². The fourth-order valence-electron chi connectivity index (χ4n) is 3.33. The molecule has 124 valence electrons. The molecule has 0 heterocycles. The van der Waals surface area contributed by atoms with Gasteiger partial charge in [0.05, 0.1) is 5.60 Å². The predicted octanol–water partition coefficient (Wildman–Crippen LogP) is 2.45. The monoisotopic (exact) mass is 298 g/mol. The Morgan fingerprint density at radius 1 is 1.38 bits per heavy atom. The molecule has 4 nitrogen and oxygen atoms in total. The minimum atomic E-state index is -0.697. The molecule has 1 aliphatic carbocycles. The zero-order valence-corrected chi connectivity index (χ0v) is 14.0. The lowest BCUT2D eigenvalue weighted by Gasteiger charge is -2.36. The first-order chi connectivity index (χ1) is 9.88. The molecule has 1 aliphatic rings. The zero-order valence-electron chi connectivity index (χ0n) is 14.0. The second-order valence-corrected chi connectivity index (χ2v) is 7.29. The Bertz CT molecular complexity index is 310. The molecule has 0 spiro atoms. The Hall–Kier alpha value is -0.610. The molecule has 0 aromatic heterocycles. The van der Waals surface area contributed by atoms with Gasteiger partial charge in [0.1, 0.15) is 0 Å². The average molecular weight is 298 g/mol.